The molecule has 0 saturated heterocycles. The number of nitrogens with zero attached hydrogens (tertiary/aromatic N) is 2. The highest BCUT2D eigenvalue weighted by atomic mass is 16.3. The van der Waals surface area contributed by atoms with Crippen molar-refractivity contribution in [3.63, 3.8) is 0 Å². The van der Waals surface area contributed by atoms with E-state index >= 15 is 0 Å². The molecule has 0 aliphatic carbocycles. The van der Waals surface area contributed by atoms with Gasteiger partial charge >= 0.3 is 0 Å². The van der Waals surface area contributed by atoms with Gasteiger partial charge in [0.25, 0.3) is 5.56 Å². The summed E-state index contributed by atoms with van der Waals surface area (Å²) in [6.45, 7) is 3.66. The zero-order valence-corrected chi connectivity index (χ0v) is 13.9. The van der Waals surface area contributed by atoms with E-state index < -0.39 is 0 Å². The minimum Gasteiger partial charge on any atom is -0.437 e. The number of fused-ring (bicyclic) bond motifs is 2. The molecule has 0 saturated carbocycles. The summed E-state index contributed by atoms with van der Waals surface area (Å²) in [5.41, 5.74) is 0.767. The van der Waals surface area contributed by atoms with Gasteiger partial charge in [0.15, 0.2) is 5.39 Å². The molecule has 4 aromatic rings. The van der Waals surface area contributed by atoms with Crippen molar-refractivity contribution in [1.29, 1.82) is 0 Å². The van der Waals surface area contributed by atoms with Gasteiger partial charge in [-0.25, -0.2) is 0 Å². The second kappa shape index (κ2) is 5.70. The number of benzene rings is 2. The first-order valence-corrected chi connectivity index (χ1v) is 8.07. The van der Waals surface area contributed by atoms with Gasteiger partial charge in [0.05, 0.1) is 11.4 Å². The molecule has 0 unspecified atom stereocenters. The Bertz CT molecular complexity index is 1210. The van der Waals surface area contributed by atoms with Crippen LogP contribution in [0, 0.1) is 6.92 Å². The Morgan fingerprint density at radius 1 is 1.00 bits per heavy atom. The quantitative estimate of drug-likeness (QED) is 0.528. The van der Waals surface area contributed by atoms with E-state index in [0.29, 0.717) is 16.8 Å². The maximum absolute atomic E-state index is 13.1. The average molecular weight is 332 g/mol. The van der Waals surface area contributed by atoms with Gasteiger partial charge in [-0.15, -0.1) is 0 Å². The van der Waals surface area contributed by atoms with Crippen molar-refractivity contribution < 1.29 is 4.42 Å². The molecule has 2 aromatic heterocycles. The molecule has 0 bridgehead atoms. The van der Waals surface area contributed by atoms with Crippen molar-refractivity contribution in [2.24, 2.45) is 0 Å². The molecule has 0 fully saturated rings. The molecule has 4 rings (SSSR count). The van der Waals surface area contributed by atoms with E-state index in [1.165, 1.54) is 0 Å². The van der Waals surface area contributed by atoms with Gasteiger partial charge in [0.2, 0.25) is 11.1 Å². The van der Waals surface area contributed by atoms with Crippen molar-refractivity contribution in [3.8, 4) is 0 Å². The first-order valence-electron chi connectivity index (χ1n) is 8.07. The van der Waals surface area contributed by atoms with Gasteiger partial charge in [-0.05, 0) is 31.5 Å². The molecule has 0 amide bonds. The van der Waals surface area contributed by atoms with E-state index in [-0.39, 0.29) is 28.1 Å². The third kappa shape index (κ3) is 2.36. The van der Waals surface area contributed by atoms with Crippen molar-refractivity contribution >= 4 is 22.1 Å². The number of para-hydroxylation sites is 1. The summed E-state index contributed by atoms with van der Waals surface area (Å²) >= 11 is 0. The third-order valence-corrected chi connectivity index (χ3v) is 4.49. The normalized spacial score (nSPS) is 12.6. The third-order valence-electron chi connectivity index (χ3n) is 4.49. The fourth-order valence-electron chi connectivity index (χ4n) is 3.20. The van der Waals surface area contributed by atoms with Crippen LogP contribution in [0.4, 0.5) is 0 Å². The minimum absolute atomic E-state index is 0.00733. The molecule has 2 aromatic carbocycles. The molecule has 5 nitrogen and oxygen atoms in total. The first kappa shape index (κ1) is 15.3. The molecule has 0 aliphatic heterocycles. The lowest BCUT2D eigenvalue weighted by Crippen LogP contribution is -2.30. The largest absolute Gasteiger partial charge is 0.437 e. The number of hydrogen-bond donors (Lipinski definition) is 0. The number of aromatic nitrogens is 2. The van der Waals surface area contributed by atoms with Gasteiger partial charge in [0.1, 0.15) is 11.4 Å². The van der Waals surface area contributed by atoms with E-state index in [4.69, 9.17) is 4.42 Å². The minimum atomic E-state index is -0.377. The predicted molar refractivity (Wildman–Crippen MR) is 97.0 cm³/mol. The van der Waals surface area contributed by atoms with Crippen molar-refractivity contribution in [1.82, 2.24) is 9.55 Å². The second-order valence-electron chi connectivity index (χ2n) is 6.03. The fourth-order valence-corrected chi connectivity index (χ4v) is 3.20. The number of hydrogen-bond acceptors (Lipinski definition) is 4. The predicted octanol–water partition coefficient (Wildman–Crippen LogP) is 3.42. The van der Waals surface area contributed by atoms with Gasteiger partial charge in [-0.2, -0.15) is 4.98 Å². The Morgan fingerprint density at radius 2 is 1.68 bits per heavy atom. The zero-order chi connectivity index (χ0) is 17.6. The van der Waals surface area contributed by atoms with Crippen molar-refractivity contribution in [2.45, 2.75) is 19.9 Å². The monoisotopic (exact) mass is 332 g/mol. The van der Waals surface area contributed by atoms with Crippen LogP contribution in [0.3, 0.4) is 0 Å². The molecular weight excluding hydrogens is 316 g/mol. The number of rotatable bonds is 2. The Balaban J connectivity index is 2.07. The van der Waals surface area contributed by atoms with Crippen LogP contribution in [0.25, 0.3) is 22.1 Å². The maximum atomic E-state index is 13.1. The molecule has 0 radical (unpaired) electrons. The second-order valence-corrected chi connectivity index (χ2v) is 6.03. The van der Waals surface area contributed by atoms with Crippen LogP contribution in [0.5, 0.6) is 0 Å². The molecule has 5 heteroatoms. The molecule has 1 atom stereocenters. The van der Waals surface area contributed by atoms with E-state index in [9.17, 15) is 9.59 Å². The zero-order valence-electron chi connectivity index (χ0n) is 13.9. The average Bonchev–Trinajstić information content (AvgIpc) is 2.62. The van der Waals surface area contributed by atoms with E-state index in [2.05, 4.69) is 4.98 Å². The van der Waals surface area contributed by atoms with E-state index in [1.807, 2.05) is 37.3 Å². The van der Waals surface area contributed by atoms with Gasteiger partial charge < -0.3 is 4.42 Å². The summed E-state index contributed by atoms with van der Waals surface area (Å²) < 4.78 is 7.25. The van der Waals surface area contributed by atoms with Crippen molar-refractivity contribution in [2.75, 3.05) is 0 Å². The molecular formula is C20H16N2O3. The molecule has 124 valence electrons. The Kier molecular flexibility index (Phi) is 3.50. The first-order chi connectivity index (χ1) is 12.1. The smallest absolute Gasteiger partial charge is 0.269 e. The number of aryl methyl sites for hydroxylation is 1. The van der Waals surface area contributed by atoms with Crippen LogP contribution in [0.1, 0.15) is 24.4 Å². The summed E-state index contributed by atoms with van der Waals surface area (Å²) in [6.07, 6.45) is 0. The van der Waals surface area contributed by atoms with Crippen LogP contribution in [0.2, 0.25) is 0 Å². The van der Waals surface area contributed by atoms with Gasteiger partial charge in [0, 0.05) is 0 Å². The molecule has 0 spiro atoms. The standard InChI is InChI=1S/C20H16N2O3/c1-12(14-8-4-3-5-9-14)22-13(2)21-19-17(20(22)24)18(23)15-10-6-7-11-16(15)25-19/h3-12H,1-2H3/t12-/m0/s1. The summed E-state index contributed by atoms with van der Waals surface area (Å²) in [7, 11) is 0. The van der Waals surface area contributed by atoms with Crippen LogP contribution < -0.4 is 11.0 Å². The lowest BCUT2D eigenvalue weighted by molar-refractivity contribution is 0.571. The molecule has 25 heavy (non-hydrogen) atoms. The Morgan fingerprint density at radius 3 is 2.44 bits per heavy atom. The highest BCUT2D eigenvalue weighted by Crippen LogP contribution is 2.20. The van der Waals surface area contributed by atoms with Crippen LogP contribution in [-0.4, -0.2) is 9.55 Å². The van der Waals surface area contributed by atoms with Crippen LogP contribution >= 0.6 is 0 Å². The van der Waals surface area contributed by atoms with Crippen molar-refractivity contribution in [3.05, 3.63) is 86.6 Å². The fraction of sp³-hybridized carbons (Fsp3) is 0.150. The maximum Gasteiger partial charge on any atom is 0.269 e. The highest BCUT2D eigenvalue weighted by Gasteiger charge is 2.19. The lowest BCUT2D eigenvalue weighted by atomic mass is 10.1. The van der Waals surface area contributed by atoms with Gasteiger partial charge in [-0.1, -0.05) is 42.5 Å². The Hall–Kier alpha value is -3.21. The summed E-state index contributed by atoms with van der Waals surface area (Å²) in [4.78, 5) is 30.3. The van der Waals surface area contributed by atoms with Crippen LogP contribution in [0.15, 0.2) is 68.6 Å². The SMILES string of the molecule is Cc1nc2oc3ccccc3c(=O)c2c(=O)n1[C@@H](C)c1ccccc1. The summed E-state index contributed by atoms with van der Waals surface area (Å²) in [6, 6.07) is 16.3. The molecule has 0 aliphatic rings. The van der Waals surface area contributed by atoms with Gasteiger partial charge in [-0.3, -0.25) is 14.2 Å². The topological polar surface area (TPSA) is 65.1 Å². The van der Waals surface area contributed by atoms with E-state index in [1.54, 1.807) is 35.8 Å². The Labute approximate surface area is 143 Å². The summed E-state index contributed by atoms with van der Waals surface area (Å²) in [5.74, 6) is 0.507. The molecule has 0 N–H and O–H groups in total. The highest BCUT2D eigenvalue weighted by molar-refractivity contribution is 5.87. The summed E-state index contributed by atoms with van der Waals surface area (Å²) in [5, 5.41) is 0.378. The van der Waals surface area contributed by atoms with Crippen LogP contribution in [-0.2, 0) is 0 Å². The lowest BCUT2D eigenvalue weighted by Gasteiger charge is -2.18. The van der Waals surface area contributed by atoms with E-state index in [0.717, 1.165) is 5.56 Å². The molecule has 2 heterocycles.